The van der Waals surface area contributed by atoms with Gasteiger partial charge >= 0.3 is 0 Å². The van der Waals surface area contributed by atoms with Crippen molar-refractivity contribution in [2.45, 2.75) is 32.6 Å². The van der Waals surface area contributed by atoms with E-state index in [1.165, 1.54) is 9.71 Å². The first-order chi connectivity index (χ1) is 15.6. The molecule has 8 nitrogen and oxygen atoms in total. The molecule has 0 spiro atoms. The van der Waals surface area contributed by atoms with Gasteiger partial charge in [0.1, 0.15) is 0 Å². The van der Waals surface area contributed by atoms with Crippen LogP contribution in [0.5, 0.6) is 5.88 Å². The van der Waals surface area contributed by atoms with Crippen LogP contribution in [0, 0.1) is 6.92 Å². The number of likely N-dealkylation sites (tertiary alicyclic amines) is 1. The summed E-state index contributed by atoms with van der Waals surface area (Å²) >= 11 is 1.77. The number of para-hydroxylation sites is 1. The molecule has 0 aliphatic carbocycles. The van der Waals surface area contributed by atoms with Crippen molar-refractivity contribution in [2.75, 3.05) is 19.7 Å². The average molecular weight is 449 g/mol. The van der Waals surface area contributed by atoms with Gasteiger partial charge in [-0.2, -0.15) is 5.10 Å². The van der Waals surface area contributed by atoms with Gasteiger partial charge in [0.05, 0.1) is 39.3 Å². The standard InChI is InChI=1S/C23H24N6O2S/c1-3-31-21-9-8-20(26-27-21)29-15(2)17(14-24-29)23(30)28-12-10-16(11-13-28)22-25-18-6-4-5-7-19(18)32-22/h4-9,14,16H,3,10-13H2,1-2H3. The van der Waals surface area contributed by atoms with Crippen molar-refractivity contribution >= 4 is 27.5 Å². The van der Waals surface area contributed by atoms with Crippen LogP contribution in [-0.2, 0) is 0 Å². The van der Waals surface area contributed by atoms with E-state index in [0.29, 0.717) is 42.9 Å². The van der Waals surface area contributed by atoms with E-state index in [1.807, 2.05) is 30.9 Å². The van der Waals surface area contributed by atoms with Crippen molar-refractivity contribution in [3.05, 3.63) is 58.9 Å². The van der Waals surface area contributed by atoms with Crippen LogP contribution in [-0.4, -0.2) is 55.5 Å². The van der Waals surface area contributed by atoms with Gasteiger partial charge in [-0.05, 0) is 44.9 Å². The van der Waals surface area contributed by atoms with E-state index in [9.17, 15) is 4.79 Å². The zero-order chi connectivity index (χ0) is 22.1. The van der Waals surface area contributed by atoms with E-state index >= 15 is 0 Å². The number of hydrogen-bond acceptors (Lipinski definition) is 7. The minimum atomic E-state index is 0.00963. The fourth-order valence-corrected chi connectivity index (χ4v) is 5.20. The van der Waals surface area contributed by atoms with Crippen LogP contribution in [0.4, 0.5) is 0 Å². The molecule has 1 aliphatic heterocycles. The van der Waals surface area contributed by atoms with Crippen molar-refractivity contribution in [1.82, 2.24) is 29.9 Å². The maximum absolute atomic E-state index is 13.2. The van der Waals surface area contributed by atoms with Crippen LogP contribution in [0.2, 0.25) is 0 Å². The van der Waals surface area contributed by atoms with Gasteiger partial charge in [-0.1, -0.05) is 12.1 Å². The van der Waals surface area contributed by atoms with Gasteiger partial charge in [-0.25, -0.2) is 9.67 Å². The largest absolute Gasteiger partial charge is 0.477 e. The lowest BCUT2D eigenvalue weighted by Gasteiger charge is -2.31. The van der Waals surface area contributed by atoms with Crippen molar-refractivity contribution < 1.29 is 9.53 Å². The monoisotopic (exact) mass is 448 g/mol. The third-order valence-electron chi connectivity index (χ3n) is 5.82. The van der Waals surface area contributed by atoms with Gasteiger partial charge in [0.2, 0.25) is 5.88 Å². The first-order valence-electron chi connectivity index (χ1n) is 10.8. The SMILES string of the molecule is CCOc1ccc(-n2ncc(C(=O)N3CCC(c4nc5ccccc5s4)CC3)c2C)nn1. The lowest BCUT2D eigenvalue weighted by atomic mass is 9.97. The number of fused-ring (bicyclic) bond motifs is 1. The van der Waals surface area contributed by atoms with Gasteiger partial charge in [0, 0.05) is 25.1 Å². The van der Waals surface area contributed by atoms with Crippen molar-refractivity contribution in [3.8, 4) is 11.7 Å². The molecule has 4 aromatic rings. The van der Waals surface area contributed by atoms with E-state index in [4.69, 9.17) is 9.72 Å². The number of thiazole rings is 1. The first-order valence-corrected chi connectivity index (χ1v) is 11.6. The lowest BCUT2D eigenvalue weighted by molar-refractivity contribution is 0.0712. The van der Waals surface area contributed by atoms with Crippen LogP contribution in [0.1, 0.15) is 46.7 Å². The predicted octanol–water partition coefficient (Wildman–Crippen LogP) is 4.00. The molecule has 32 heavy (non-hydrogen) atoms. The molecule has 0 saturated carbocycles. The molecule has 1 aliphatic rings. The maximum atomic E-state index is 13.2. The normalized spacial score (nSPS) is 14.8. The Morgan fingerprint density at radius 2 is 1.97 bits per heavy atom. The quantitative estimate of drug-likeness (QED) is 0.459. The third-order valence-corrected chi connectivity index (χ3v) is 7.02. The molecule has 0 atom stereocenters. The highest BCUT2D eigenvalue weighted by atomic mass is 32.1. The van der Waals surface area contributed by atoms with Gasteiger partial charge in [0.15, 0.2) is 5.82 Å². The highest BCUT2D eigenvalue weighted by molar-refractivity contribution is 7.18. The zero-order valence-electron chi connectivity index (χ0n) is 18.1. The number of hydrogen-bond donors (Lipinski definition) is 0. The number of carbonyl (C=O) groups is 1. The Balaban J connectivity index is 1.27. The average Bonchev–Trinajstić information content (AvgIpc) is 3.43. The summed E-state index contributed by atoms with van der Waals surface area (Å²) in [5, 5.41) is 13.8. The minimum Gasteiger partial charge on any atom is -0.477 e. The fourth-order valence-electron chi connectivity index (χ4n) is 4.07. The molecule has 0 unspecified atom stereocenters. The van der Waals surface area contributed by atoms with Gasteiger partial charge in [-0.15, -0.1) is 21.5 Å². The van der Waals surface area contributed by atoms with Crippen molar-refractivity contribution in [1.29, 1.82) is 0 Å². The number of aromatic nitrogens is 5. The Bertz CT molecular complexity index is 1210. The Labute approximate surface area is 189 Å². The van der Waals surface area contributed by atoms with E-state index in [1.54, 1.807) is 34.3 Å². The van der Waals surface area contributed by atoms with E-state index < -0.39 is 0 Å². The van der Waals surface area contributed by atoms with Crippen LogP contribution in [0.25, 0.3) is 16.0 Å². The Morgan fingerprint density at radius 3 is 2.69 bits per heavy atom. The summed E-state index contributed by atoms with van der Waals surface area (Å²) in [6.07, 6.45) is 3.46. The molecule has 0 radical (unpaired) electrons. The molecule has 9 heteroatoms. The smallest absolute Gasteiger partial charge is 0.257 e. The van der Waals surface area contributed by atoms with Crippen LogP contribution < -0.4 is 4.74 Å². The maximum Gasteiger partial charge on any atom is 0.257 e. The highest BCUT2D eigenvalue weighted by Crippen LogP contribution is 2.34. The summed E-state index contributed by atoms with van der Waals surface area (Å²) in [4.78, 5) is 19.9. The molecule has 5 rings (SSSR count). The Kier molecular flexibility index (Phi) is 5.57. The molecule has 1 fully saturated rings. The van der Waals surface area contributed by atoms with Crippen molar-refractivity contribution in [2.24, 2.45) is 0 Å². The second kappa shape index (κ2) is 8.66. The van der Waals surface area contributed by atoms with Crippen LogP contribution in [0.15, 0.2) is 42.6 Å². The van der Waals surface area contributed by atoms with Gasteiger partial charge in [-0.3, -0.25) is 4.79 Å². The van der Waals surface area contributed by atoms with Crippen LogP contribution >= 0.6 is 11.3 Å². The van der Waals surface area contributed by atoms with Gasteiger partial charge in [0.25, 0.3) is 5.91 Å². The second-order valence-corrected chi connectivity index (χ2v) is 8.87. The molecule has 164 valence electrons. The fraction of sp³-hybridized carbons (Fsp3) is 0.348. The summed E-state index contributed by atoms with van der Waals surface area (Å²) in [6, 6.07) is 11.8. The lowest BCUT2D eigenvalue weighted by Crippen LogP contribution is -2.38. The molecule has 1 saturated heterocycles. The minimum absolute atomic E-state index is 0.00963. The van der Waals surface area contributed by atoms with Crippen LogP contribution in [0.3, 0.4) is 0 Å². The topological polar surface area (TPSA) is 86.0 Å². The highest BCUT2D eigenvalue weighted by Gasteiger charge is 2.28. The van der Waals surface area contributed by atoms with E-state index in [0.717, 1.165) is 24.1 Å². The first kappa shape index (κ1) is 20.6. The molecule has 0 bridgehead atoms. The van der Waals surface area contributed by atoms with E-state index in [-0.39, 0.29) is 5.91 Å². The number of benzene rings is 1. The molecular weight excluding hydrogens is 424 g/mol. The number of rotatable bonds is 5. The summed E-state index contributed by atoms with van der Waals surface area (Å²) in [5.74, 6) is 1.43. The molecule has 1 aromatic carbocycles. The van der Waals surface area contributed by atoms with Gasteiger partial charge < -0.3 is 9.64 Å². The summed E-state index contributed by atoms with van der Waals surface area (Å²) in [7, 11) is 0. The zero-order valence-corrected chi connectivity index (χ0v) is 18.9. The number of nitrogens with zero attached hydrogens (tertiary/aromatic N) is 6. The second-order valence-electron chi connectivity index (χ2n) is 7.80. The van der Waals surface area contributed by atoms with E-state index in [2.05, 4.69) is 27.4 Å². The summed E-state index contributed by atoms with van der Waals surface area (Å²) in [6.45, 7) is 5.74. The molecule has 4 heterocycles. The summed E-state index contributed by atoms with van der Waals surface area (Å²) < 4.78 is 8.21. The Morgan fingerprint density at radius 1 is 1.16 bits per heavy atom. The number of carbonyl (C=O) groups excluding carboxylic acids is 1. The number of amides is 1. The number of ether oxygens (including phenoxy) is 1. The molecular formula is C23H24N6O2S. The predicted molar refractivity (Wildman–Crippen MR) is 123 cm³/mol. The molecule has 3 aromatic heterocycles. The molecule has 1 amide bonds. The third kappa shape index (κ3) is 3.84. The molecule has 0 N–H and O–H groups in total. The Hall–Kier alpha value is -3.33. The number of piperidine rings is 1. The van der Waals surface area contributed by atoms with Crippen molar-refractivity contribution in [3.63, 3.8) is 0 Å². The summed E-state index contributed by atoms with van der Waals surface area (Å²) in [5.41, 5.74) is 2.41.